The van der Waals surface area contributed by atoms with Gasteiger partial charge in [-0.3, -0.25) is 9.69 Å². The summed E-state index contributed by atoms with van der Waals surface area (Å²) < 4.78 is 13.8. The number of carbonyl (C=O) groups is 1. The fourth-order valence-corrected chi connectivity index (χ4v) is 3.81. The lowest BCUT2D eigenvalue weighted by atomic mass is 9.96. The van der Waals surface area contributed by atoms with Crippen molar-refractivity contribution < 1.29 is 14.3 Å². The van der Waals surface area contributed by atoms with Crippen LogP contribution in [-0.2, 0) is 4.79 Å². The Bertz CT molecular complexity index is 720. The van der Waals surface area contributed by atoms with Crippen LogP contribution in [0.1, 0.15) is 30.0 Å². The maximum Gasteiger partial charge on any atom is 0.320 e. The first kappa shape index (κ1) is 17.0. The zero-order chi connectivity index (χ0) is 17.1. The standard InChI is InChI=1S/C19H20FNO2S/c1-24-16-9-7-13(8-10-16)18(14-4-2-5-15(20)12-14)21-11-3-6-17(21)19(22)23/h2,4-5,7-10,12,17-18H,3,6,11H2,1H3,(H,22,23). The van der Waals surface area contributed by atoms with Crippen molar-refractivity contribution in [3.63, 3.8) is 0 Å². The van der Waals surface area contributed by atoms with Gasteiger partial charge < -0.3 is 5.11 Å². The van der Waals surface area contributed by atoms with Gasteiger partial charge in [0.1, 0.15) is 11.9 Å². The van der Waals surface area contributed by atoms with Crippen molar-refractivity contribution in [3.8, 4) is 0 Å². The number of hydrogen-bond acceptors (Lipinski definition) is 3. The van der Waals surface area contributed by atoms with E-state index in [9.17, 15) is 14.3 Å². The van der Waals surface area contributed by atoms with Gasteiger partial charge in [0.05, 0.1) is 6.04 Å². The Balaban J connectivity index is 2.04. The van der Waals surface area contributed by atoms with Gasteiger partial charge >= 0.3 is 5.97 Å². The predicted octanol–water partition coefficient (Wildman–Crippen LogP) is 4.19. The molecule has 2 aromatic carbocycles. The first-order valence-corrected chi connectivity index (χ1v) is 9.20. The summed E-state index contributed by atoms with van der Waals surface area (Å²) in [6, 6.07) is 13.8. The van der Waals surface area contributed by atoms with Gasteiger partial charge in [0.25, 0.3) is 0 Å². The molecule has 5 heteroatoms. The third kappa shape index (κ3) is 3.47. The predicted molar refractivity (Wildman–Crippen MR) is 93.8 cm³/mol. The molecule has 1 saturated heterocycles. The van der Waals surface area contributed by atoms with Crippen molar-refractivity contribution in [2.45, 2.75) is 29.8 Å². The zero-order valence-corrected chi connectivity index (χ0v) is 14.3. The molecule has 2 unspecified atom stereocenters. The van der Waals surface area contributed by atoms with Crippen molar-refractivity contribution in [2.75, 3.05) is 12.8 Å². The number of hydrogen-bond donors (Lipinski definition) is 1. The molecular formula is C19H20FNO2S. The van der Waals surface area contributed by atoms with Crippen LogP contribution in [0.2, 0.25) is 0 Å². The van der Waals surface area contributed by atoms with E-state index < -0.39 is 12.0 Å². The maximum absolute atomic E-state index is 13.8. The van der Waals surface area contributed by atoms with Crippen molar-refractivity contribution in [1.29, 1.82) is 0 Å². The Hall–Kier alpha value is -1.85. The lowest BCUT2D eigenvalue weighted by Gasteiger charge is -2.32. The molecule has 0 radical (unpaired) electrons. The first-order valence-electron chi connectivity index (χ1n) is 7.98. The van der Waals surface area contributed by atoms with Gasteiger partial charge in [-0.25, -0.2) is 4.39 Å². The molecule has 2 atom stereocenters. The van der Waals surface area contributed by atoms with Crippen molar-refractivity contribution in [1.82, 2.24) is 4.90 Å². The highest BCUT2D eigenvalue weighted by atomic mass is 32.2. The van der Waals surface area contributed by atoms with Crippen LogP contribution in [0.25, 0.3) is 0 Å². The summed E-state index contributed by atoms with van der Waals surface area (Å²) in [7, 11) is 0. The quantitative estimate of drug-likeness (QED) is 0.825. The minimum Gasteiger partial charge on any atom is -0.480 e. The van der Waals surface area contributed by atoms with E-state index in [2.05, 4.69) is 0 Å². The molecule has 1 aliphatic rings. The molecule has 1 N–H and O–H groups in total. The molecule has 3 rings (SSSR count). The van der Waals surface area contributed by atoms with E-state index in [1.165, 1.54) is 12.1 Å². The third-order valence-electron chi connectivity index (χ3n) is 4.51. The van der Waals surface area contributed by atoms with E-state index in [0.717, 1.165) is 22.4 Å². The maximum atomic E-state index is 13.8. The van der Waals surface area contributed by atoms with Crippen LogP contribution in [-0.4, -0.2) is 34.8 Å². The molecule has 0 bridgehead atoms. The molecule has 1 fully saturated rings. The monoisotopic (exact) mass is 345 g/mol. The van der Waals surface area contributed by atoms with E-state index in [1.807, 2.05) is 41.5 Å². The van der Waals surface area contributed by atoms with Crippen molar-refractivity contribution in [3.05, 3.63) is 65.5 Å². The second kappa shape index (κ2) is 7.36. The Labute approximate surface area is 145 Å². The van der Waals surface area contributed by atoms with E-state index in [4.69, 9.17) is 0 Å². The van der Waals surface area contributed by atoms with Crippen LogP contribution < -0.4 is 0 Å². The topological polar surface area (TPSA) is 40.5 Å². The number of nitrogens with zero attached hydrogens (tertiary/aromatic N) is 1. The minimum absolute atomic E-state index is 0.250. The van der Waals surface area contributed by atoms with Crippen LogP contribution in [0.15, 0.2) is 53.4 Å². The molecule has 3 nitrogen and oxygen atoms in total. The minimum atomic E-state index is -0.811. The summed E-state index contributed by atoms with van der Waals surface area (Å²) in [4.78, 5) is 14.8. The highest BCUT2D eigenvalue weighted by molar-refractivity contribution is 7.98. The number of thioether (sulfide) groups is 1. The number of carboxylic acid groups (broad SMARTS) is 1. The highest BCUT2D eigenvalue weighted by Gasteiger charge is 2.36. The average Bonchev–Trinajstić information content (AvgIpc) is 3.05. The Morgan fingerprint density at radius 3 is 2.62 bits per heavy atom. The molecule has 1 heterocycles. The van der Waals surface area contributed by atoms with E-state index in [-0.39, 0.29) is 11.9 Å². The van der Waals surface area contributed by atoms with Gasteiger partial charge in [-0.15, -0.1) is 11.8 Å². The molecular weight excluding hydrogens is 325 g/mol. The summed E-state index contributed by atoms with van der Waals surface area (Å²) in [5, 5.41) is 9.54. The van der Waals surface area contributed by atoms with E-state index >= 15 is 0 Å². The molecule has 0 spiro atoms. The summed E-state index contributed by atoms with van der Waals surface area (Å²) in [6.45, 7) is 0.697. The van der Waals surface area contributed by atoms with Crippen LogP contribution in [0.5, 0.6) is 0 Å². The zero-order valence-electron chi connectivity index (χ0n) is 13.5. The lowest BCUT2D eigenvalue weighted by Crippen LogP contribution is -2.39. The number of halogens is 1. The molecule has 0 saturated carbocycles. The number of rotatable bonds is 5. The van der Waals surface area contributed by atoms with Gasteiger partial charge in [0.15, 0.2) is 0 Å². The number of benzene rings is 2. The van der Waals surface area contributed by atoms with Gasteiger partial charge in [-0.1, -0.05) is 24.3 Å². The number of aliphatic carboxylic acids is 1. The van der Waals surface area contributed by atoms with Crippen LogP contribution in [0.4, 0.5) is 4.39 Å². The first-order chi connectivity index (χ1) is 11.6. The fourth-order valence-electron chi connectivity index (χ4n) is 3.40. The van der Waals surface area contributed by atoms with Gasteiger partial charge in [0, 0.05) is 11.4 Å². The van der Waals surface area contributed by atoms with Crippen LogP contribution >= 0.6 is 11.8 Å². The Morgan fingerprint density at radius 2 is 2.00 bits per heavy atom. The fraction of sp³-hybridized carbons (Fsp3) is 0.316. The highest BCUT2D eigenvalue weighted by Crippen LogP contribution is 2.35. The van der Waals surface area contributed by atoms with Crippen molar-refractivity contribution >= 4 is 17.7 Å². The molecule has 0 aliphatic carbocycles. The molecule has 1 aliphatic heterocycles. The second-order valence-electron chi connectivity index (χ2n) is 5.96. The van der Waals surface area contributed by atoms with E-state index in [0.29, 0.717) is 13.0 Å². The van der Waals surface area contributed by atoms with Crippen molar-refractivity contribution in [2.24, 2.45) is 0 Å². The molecule has 126 valence electrons. The Kier molecular flexibility index (Phi) is 5.21. The third-order valence-corrected chi connectivity index (χ3v) is 5.25. The summed E-state index contributed by atoms with van der Waals surface area (Å²) in [5.74, 6) is -1.11. The SMILES string of the molecule is CSc1ccc(C(c2cccc(F)c2)N2CCCC2C(=O)O)cc1. The summed E-state index contributed by atoms with van der Waals surface area (Å²) >= 11 is 1.66. The van der Waals surface area contributed by atoms with Gasteiger partial charge in [0.2, 0.25) is 0 Å². The molecule has 0 aromatic heterocycles. The number of likely N-dealkylation sites (tertiary alicyclic amines) is 1. The smallest absolute Gasteiger partial charge is 0.320 e. The summed E-state index contributed by atoms with van der Waals surface area (Å²) in [5.41, 5.74) is 1.78. The second-order valence-corrected chi connectivity index (χ2v) is 6.84. The van der Waals surface area contributed by atoms with E-state index in [1.54, 1.807) is 17.8 Å². The normalized spacial score (nSPS) is 19.3. The van der Waals surface area contributed by atoms with Gasteiger partial charge in [-0.05, 0) is 54.5 Å². The number of carboxylic acids is 1. The largest absolute Gasteiger partial charge is 0.480 e. The lowest BCUT2D eigenvalue weighted by molar-refractivity contribution is -0.142. The van der Waals surface area contributed by atoms with Crippen LogP contribution in [0.3, 0.4) is 0 Å². The Morgan fingerprint density at radius 1 is 1.25 bits per heavy atom. The molecule has 2 aromatic rings. The molecule has 0 amide bonds. The summed E-state index contributed by atoms with van der Waals surface area (Å²) in [6.07, 6.45) is 3.48. The average molecular weight is 345 g/mol. The van der Waals surface area contributed by atoms with Crippen LogP contribution in [0, 0.1) is 5.82 Å². The molecule has 24 heavy (non-hydrogen) atoms. The van der Waals surface area contributed by atoms with Gasteiger partial charge in [-0.2, -0.15) is 0 Å².